The van der Waals surface area contributed by atoms with Gasteiger partial charge in [-0.05, 0) is 70.5 Å². The quantitative estimate of drug-likeness (QED) is 0.238. The number of hydrogen-bond acceptors (Lipinski definition) is 10. The molecule has 11 heteroatoms. The minimum absolute atomic E-state index is 0.0141. The number of nitrogens with zero attached hydrogens (tertiary/aromatic N) is 2. The fourth-order valence-corrected chi connectivity index (χ4v) is 6.49. The number of nitrogens with two attached hydrogens (primary N) is 1. The first-order valence-electron chi connectivity index (χ1n) is 13.0. The Kier molecular flexibility index (Phi) is 6.47. The molecule has 3 aliphatic rings. The number of aliphatic hydroxyl groups is 3. The summed E-state index contributed by atoms with van der Waals surface area (Å²) >= 11 is 0. The van der Waals surface area contributed by atoms with Crippen molar-refractivity contribution < 1.29 is 34.8 Å². The number of hydrogen-bond donors (Lipinski definition) is 6. The van der Waals surface area contributed by atoms with Gasteiger partial charge in [-0.3, -0.25) is 24.3 Å². The maximum Gasteiger partial charge on any atom is 0.255 e. The number of amides is 1. The molecule has 40 heavy (non-hydrogen) atoms. The van der Waals surface area contributed by atoms with Crippen LogP contribution in [0.4, 0.5) is 5.69 Å². The minimum Gasteiger partial charge on any atom is -0.510 e. The average molecular weight is 549 g/mol. The molecule has 1 amide bonds. The third-order valence-corrected chi connectivity index (χ3v) is 8.11. The van der Waals surface area contributed by atoms with Crippen molar-refractivity contribution in [2.24, 2.45) is 17.6 Å². The number of benzene rings is 1. The van der Waals surface area contributed by atoms with E-state index >= 15 is 0 Å². The van der Waals surface area contributed by atoms with Crippen LogP contribution in [-0.4, -0.2) is 79.6 Å². The molecule has 0 radical (unpaired) electrons. The average Bonchev–Trinajstić information content (AvgIpc) is 2.87. The predicted octanol–water partition coefficient (Wildman–Crippen LogP) is 2.00. The molecule has 7 N–H and O–H groups in total. The summed E-state index contributed by atoms with van der Waals surface area (Å²) in [6.07, 6.45) is 1.81. The first-order chi connectivity index (χ1) is 18.8. The highest BCUT2D eigenvalue weighted by atomic mass is 16.3. The van der Waals surface area contributed by atoms with Crippen molar-refractivity contribution in [3.8, 4) is 17.0 Å². The van der Waals surface area contributed by atoms with E-state index in [9.17, 15) is 34.8 Å². The number of aromatic hydroxyl groups is 1. The van der Waals surface area contributed by atoms with Crippen LogP contribution in [-0.2, 0) is 16.0 Å². The normalized spacial score (nSPS) is 26.1. The summed E-state index contributed by atoms with van der Waals surface area (Å²) in [5, 5.41) is 48.6. The summed E-state index contributed by atoms with van der Waals surface area (Å²) in [6.45, 7) is 3.74. The lowest BCUT2D eigenvalue weighted by molar-refractivity contribution is -0.148. The molecule has 0 fully saturated rings. The summed E-state index contributed by atoms with van der Waals surface area (Å²) in [5.74, 6) is -6.85. The molecular formula is C29H32N4O7. The Morgan fingerprint density at radius 3 is 2.48 bits per heavy atom. The van der Waals surface area contributed by atoms with Gasteiger partial charge < -0.3 is 31.5 Å². The van der Waals surface area contributed by atoms with E-state index in [4.69, 9.17) is 5.73 Å². The number of fused-ring (bicyclic) bond motifs is 3. The summed E-state index contributed by atoms with van der Waals surface area (Å²) in [6, 6.07) is 5.95. The maximum absolute atomic E-state index is 14.1. The highest BCUT2D eigenvalue weighted by Gasteiger charge is 2.63. The fourth-order valence-electron chi connectivity index (χ4n) is 6.49. The number of aliphatic hydroxyl groups excluding tert-OH is 2. The van der Waals surface area contributed by atoms with Gasteiger partial charge in [-0.15, -0.1) is 0 Å². The highest BCUT2D eigenvalue weighted by molar-refractivity contribution is 6.25. The van der Waals surface area contributed by atoms with Gasteiger partial charge in [-0.25, -0.2) is 0 Å². The molecule has 0 spiro atoms. The lowest BCUT2D eigenvalue weighted by atomic mass is 9.58. The van der Waals surface area contributed by atoms with Crippen LogP contribution in [0.25, 0.3) is 11.3 Å². The fraction of sp³-hybridized carbons (Fsp3) is 0.379. The van der Waals surface area contributed by atoms with Crippen LogP contribution in [0.1, 0.15) is 36.2 Å². The number of ketones is 2. The Bertz CT molecular complexity index is 1510. The number of anilines is 1. The van der Waals surface area contributed by atoms with Gasteiger partial charge in [0.25, 0.3) is 5.91 Å². The number of aromatic nitrogens is 1. The number of Topliss-reactive ketones (excluding diaryl/α,β-unsaturated/α-hetero) is 2. The molecule has 4 atom stereocenters. The van der Waals surface area contributed by atoms with Crippen LogP contribution in [0, 0.1) is 11.8 Å². The van der Waals surface area contributed by atoms with Crippen LogP contribution in [0.2, 0.25) is 0 Å². The molecule has 0 bridgehead atoms. The number of phenols is 1. The second kappa shape index (κ2) is 9.46. The molecule has 1 heterocycles. The van der Waals surface area contributed by atoms with E-state index in [1.165, 1.54) is 4.90 Å². The van der Waals surface area contributed by atoms with Gasteiger partial charge in [0.15, 0.2) is 11.4 Å². The molecule has 210 valence electrons. The third kappa shape index (κ3) is 3.80. The number of carbonyl (C=O) groups is 3. The Morgan fingerprint density at radius 2 is 1.90 bits per heavy atom. The zero-order valence-electron chi connectivity index (χ0n) is 22.6. The Balaban J connectivity index is 1.76. The molecule has 11 nitrogen and oxygen atoms in total. The molecule has 1 aromatic heterocycles. The summed E-state index contributed by atoms with van der Waals surface area (Å²) in [4.78, 5) is 45.7. The third-order valence-electron chi connectivity index (χ3n) is 8.11. The van der Waals surface area contributed by atoms with Gasteiger partial charge >= 0.3 is 0 Å². The van der Waals surface area contributed by atoms with Gasteiger partial charge in [0, 0.05) is 29.3 Å². The number of nitrogens with one attached hydrogen (secondary N) is 1. The topological polar surface area (TPSA) is 186 Å². The van der Waals surface area contributed by atoms with Gasteiger partial charge in [0.2, 0.25) is 5.78 Å². The second-order valence-electron chi connectivity index (χ2n) is 11.2. The molecule has 3 aliphatic carbocycles. The molecule has 2 aromatic rings. The summed E-state index contributed by atoms with van der Waals surface area (Å²) in [7, 11) is 3.18. The monoisotopic (exact) mass is 548 g/mol. The van der Waals surface area contributed by atoms with Crippen LogP contribution in [0.15, 0.2) is 53.1 Å². The Hall–Kier alpha value is -4.22. The van der Waals surface area contributed by atoms with Crippen molar-refractivity contribution in [3.63, 3.8) is 0 Å². The SMILES string of the molecule is CC(C)Nc1cc(-c2ccccn2)c2c(c1O)C(=O)C1=C(O)[C@]3(O)C(=O)C(C(N)=O)=C(O)[C@@H](N(C)C)[C@@H]3C[C@@H]1C2. The van der Waals surface area contributed by atoms with Gasteiger partial charge in [-0.1, -0.05) is 6.07 Å². The highest BCUT2D eigenvalue weighted by Crippen LogP contribution is 2.53. The second-order valence-corrected chi connectivity index (χ2v) is 11.2. The van der Waals surface area contributed by atoms with Gasteiger partial charge in [-0.2, -0.15) is 0 Å². The minimum atomic E-state index is -2.68. The van der Waals surface area contributed by atoms with E-state index in [1.54, 1.807) is 44.6 Å². The predicted molar refractivity (Wildman–Crippen MR) is 146 cm³/mol. The van der Waals surface area contributed by atoms with Crippen LogP contribution < -0.4 is 11.1 Å². The molecule has 0 unspecified atom stereocenters. The molecule has 1 aromatic carbocycles. The zero-order chi connectivity index (χ0) is 29.3. The summed E-state index contributed by atoms with van der Waals surface area (Å²) in [5.41, 5.74) is 3.61. The first kappa shape index (κ1) is 27.4. The van der Waals surface area contributed by atoms with Crippen LogP contribution in [0.5, 0.6) is 5.75 Å². The van der Waals surface area contributed by atoms with E-state index < -0.39 is 58.0 Å². The van der Waals surface area contributed by atoms with E-state index in [0.29, 0.717) is 22.5 Å². The van der Waals surface area contributed by atoms with Crippen LogP contribution in [0.3, 0.4) is 0 Å². The number of pyridine rings is 1. The molecular weight excluding hydrogens is 516 g/mol. The van der Waals surface area contributed by atoms with Gasteiger partial charge in [0.05, 0.1) is 23.0 Å². The Labute approximate surface area is 230 Å². The smallest absolute Gasteiger partial charge is 0.255 e. The van der Waals surface area contributed by atoms with Crippen molar-refractivity contribution >= 4 is 23.2 Å². The number of carbonyl (C=O) groups excluding carboxylic acids is 3. The van der Waals surface area contributed by atoms with E-state index in [2.05, 4.69) is 10.3 Å². The van der Waals surface area contributed by atoms with Gasteiger partial charge in [0.1, 0.15) is 22.8 Å². The molecule has 0 aliphatic heterocycles. The van der Waals surface area contributed by atoms with E-state index in [-0.39, 0.29) is 35.8 Å². The molecule has 0 saturated heterocycles. The van der Waals surface area contributed by atoms with Crippen molar-refractivity contribution in [1.29, 1.82) is 0 Å². The largest absolute Gasteiger partial charge is 0.510 e. The number of phenolic OH excluding ortho intramolecular Hbond substituents is 1. The van der Waals surface area contributed by atoms with E-state index in [0.717, 1.165) is 0 Å². The molecule has 0 saturated carbocycles. The molecule has 5 rings (SSSR count). The number of likely N-dealkylation sites (N-methyl/N-ethyl adjacent to an activating group) is 1. The van der Waals surface area contributed by atoms with Crippen molar-refractivity contribution in [1.82, 2.24) is 9.88 Å². The number of primary amides is 1. The van der Waals surface area contributed by atoms with Crippen molar-refractivity contribution in [3.05, 3.63) is 64.3 Å². The van der Waals surface area contributed by atoms with E-state index in [1.807, 2.05) is 13.8 Å². The van der Waals surface area contributed by atoms with Crippen molar-refractivity contribution in [2.75, 3.05) is 19.4 Å². The lowest BCUT2D eigenvalue weighted by Crippen LogP contribution is -2.63. The zero-order valence-corrected chi connectivity index (χ0v) is 22.6. The van der Waals surface area contributed by atoms with Crippen molar-refractivity contribution in [2.45, 2.75) is 44.4 Å². The Morgan fingerprint density at radius 1 is 1.20 bits per heavy atom. The lowest BCUT2D eigenvalue weighted by Gasteiger charge is -2.50. The number of allylic oxidation sites excluding steroid dienone is 1. The standard InChI is InChI=1S/C29H32N4O7/c1-12(2)32-18-11-14(17-7-5-6-8-31-17)15-9-13-10-16-22(33(3)4)25(36)21(28(30)39)27(38)29(16,40)26(37)19(13)24(35)20(15)23(18)34/h5-8,11-13,16,22,32,34,36-37,40H,9-10H2,1-4H3,(H2,30,39)/t13-,16-,22-,29-/m0/s1. The number of rotatable bonds is 5. The van der Waals surface area contributed by atoms with Crippen LogP contribution >= 0.6 is 0 Å². The summed E-state index contributed by atoms with van der Waals surface area (Å²) < 4.78 is 0. The maximum atomic E-state index is 14.1. The first-order valence-corrected chi connectivity index (χ1v) is 13.0.